The molecule has 0 aliphatic carbocycles. The molecular formula is C24H32ClNO6. The monoisotopic (exact) mass is 465 g/mol. The summed E-state index contributed by atoms with van der Waals surface area (Å²) < 4.78 is 11.3. The number of hydrogen-bond acceptors (Lipinski definition) is 5. The topological polar surface area (TPSA) is 96.3 Å². The number of benzene rings is 2. The van der Waals surface area contributed by atoms with Crippen LogP contribution in [0.3, 0.4) is 0 Å². The van der Waals surface area contributed by atoms with E-state index in [0.717, 1.165) is 29.7 Å². The van der Waals surface area contributed by atoms with Crippen molar-refractivity contribution < 1.29 is 29.3 Å². The molecule has 2 N–H and O–H groups in total. The molecule has 0 saturated heterocycles. The molecule has 2 aromatic rings. The zero-order valence-corrected chi connectivity index (χ0v) is 19.5. The number of carbonyl (C=O) groups is 2. The summed E-state index contributed by atoms with van der Waals surface area (Å²) in [5.41, 5.74) is 2.16. The normalized spacial score (nSPS) is 12.5. The summed E-state index contributed by atoms with van der Waals surface area (Å²) in [6.45, 7) is 0.537. The smallest absolute Gasteiger partial charge is 0.307 e. The molecule has 8 heteroatoms. The molecule has 0 aromatic heterocycles. The van der Waals surface area contributed by atoms with Gasteiger partial charge in [-0.2, -0.15) is 0 Å². The largest absolute Gasteiger partial charge is 0.497 e. The third-order valence-electron chi connectivity index (χ3n) is 5.12. The van der Waals surface area contributed by atoms with Gasteiger partial charge in [0.1, 0.15) is 11.5 Å². The molecule has 0 spiro atoms. The van der Waals surface area contributed by atoms with E-state index >= 15 is 0 Å². The van der Waals surface area contributed by atoms with Crippen LogP contribution in [0.4, 0.5) is 0 Å². The van der Waals surface area contributed by atoms with Crippen molar-refractivity contribution in [1.82, 2.24) is 4.90 Å². The lowest BCUT2D eigenvalue weighted by atomic mass is 9.89. The highest BCUT2D eigenvalue weighted by Gasteiger charge is 2.31. The zero-order valence-electron chi connectivity index (χ0n) is 18.7. The highest BCUT2D eigenvalue weighted by atomic mass is 35.5. The Kier molecular flexibility index (Phi) is 11.6. The summed E-state index contributed by atoms with van der Waals surface area (Å²) in [5.74, 6) is -2.24. The van der Waals surface area contributed by atoms with Crippen LogP contribution in [0.25, 0.3) is 0 Å². The van der Waals surface area contributed by atoms with Gasteiger partial charge >= 0.3 is 11.9 Å². The molecule has 0 amide bonds. The lowest BCUT2D eigenvalue weighted by molar-refractivity contribution is -0.151. The lowest BCUT2D eigenvalue weighted by Gasteiger charge is -2.26. The third-order valence-corrected chi connectivity index (χ3v) is 5.12. The van der Waals surface area contributed by atoms with Gasteiger partial charge in [0.25, 0.3) is 0 Å². The van der Waals surface area contributed by atoms with Crippen molar-refractivity contribution in [3.8, 4) is 11.5 Å². The molecule has 0 heterocycles. The van der Waals surface area contributed by atoms with Crippen molar-refractivity contribution in [2.75, 3.05) is 34.4 Å². The van der Waals surface area contributed by atoms with Gasteiger partial charge in [0, 0.05) is 12.5 Å². The second-order valence-electron chi connectivity index (χ2n) is 7.84. The lowest BCUT2D eigenvalue weighted by Crippen LogP contribution is -2.37. The second-order valence-corrected chi connectivity index (χ2v) is 7.84. The summed E-state index contributed by atoms with van der Waals surface area (Å²) in [6.07, 6.45) is 1.11. The number of aryl methyl sites for hydroxylation is 2. The van der Waals surface area contributed by atoms with Crippen LogP contribution in [-0.4, -0.2) is 61.4 Å². The number of methoxy groups -OCH3 is 1. The van der Waals surface area contributed by atoms with Gasteiger partial charge in [-0.05, 0) is 56.3 Å². The van der Waals surface area contributed by atoms with Gasteiger partial charge in [0.05, 0.1) is 26.1 Å². The average Bonchev–Trinajstić information content (AvgIpc) is 2.73. The molecule has 176 valence electrons. The number of carboxylic acid groups (broad SMARTS) is 2. The SMILES string of the molecule is COc1cccc(CCc2ccccc2OCC(CN(C)C)C(CC(=O)O)C(=O)O)c1.Cl. The van der Waals surface area contributed by atoms with Gasteiger partial charge in [-0.3, -0.25) is 9.59 Å². The molecule has 0 saturated carbocycles. The molecule has 0 bridgehead atoms. The Hall–Kier alpha value is -2.77. The van der Waals surface area contributed by atoms with Gasteiger partial charge in [-0.15, -0.1) is 12.4 Å². The fraction of sp³-hybridized carbons (Fsp3) is 0.417. The molecule has 2 atom stereocenters. The number of para-hydroxylation sites is 1. The standard InChI is InChI=1S/C24H31NO6.ClH/c1-25(2)15-19(21(24(28)29)14-23(26)27)16-31-22-10-5-4-8-18(22)12-11-17-7-6-9-20(13-17)30-3;/h4-10,13,19,21H,11-12,14-16H2,1-3H3,(H,26,27)(H,28,29);1H. The van der Waals surface area contributed by atoms with Crippen molar-refractivity contribution in [2.45, 2.75) is 19.3 Å². The molecule has 0 fully saturated rings. The number of carboxylic acids is 2. The van der Waals surface area contributed by atoms with Crippen molar-refractivity contribution in [2.24, 2.45) is 11.8 Å². The molecule has 2 rings (SSSR count). The summed E-state index contributed by atoms with van der Waals surface area (Å²) in [6, 6.07) is 15.6. The average molecular weight is 466 g/mol. The van der Waals surface area contributed by atoms with Gasteiger partial charge in [-0.25, -0.2) is 0 Å². The highest BCUT2D eigenvalue weighted by Crippen LogP contribution is 2.24. The Morgan fingerprint density at radius 2 is 1.75 bits per heavy atom. The minimum Gasteiger partial charge on any atom is -0.497 e. The first-order valence-corrected chi connectivity index (χ1v) is 10.2. The van der Waals surface area contributed by atoms with Crippen LogP contribution < -0.4 is 9.47 Å². The molecular weight excluding hydrogens is 434 g/mol. The highest BCUT2D eigenvalue weighted by molar-refractivity contribution is 5.85. The Morgan fingerprint density at radius 3 is 2.38 bits per heavy atom. The van der Waals surface area contributed by atoms with E-state index in [1.165, 1.54) is 0 Å². The van der Waals surface area contributed by atoms with E-state index in [4.69, 9.17) is 14.6 Å². The van der Waals surface area contributed by atoms with E-state index in [9.17, 15) is 14.7 Å². The van der Waals surface area contributed by atoms with Crippen LogP contribution in [0.1, 0.15) is 17.5 Å². The molecule has 0 aliphatic heterocycles. The van der Waals surface area contributed by atoms with Crippen molar-refractivity contribution in [3.63, 3.8) is 0 Å². The number of ether oxygens (including phenoxy) is 2. The van der Waals surface area contributed by atoms with E-state index < -0.39 is 30.2 Å². The zero-order chi connectivity index (χ0) is 22.8. The van der Waals surface area contributed by atoms with Crippen LogP contribution in [0.5, 0.6) is 11.5 Å². The molecule has 32 heavy (non-hydrogen) atoms. The molecule has 0 aliphatic rings. The minimum absolute atomic E-state index is 0. The summed E-state index contributed by atoms with van der Waals surface area (Å²) in [5, 5.41) is 18.7. The Morgan fingerprint density at radius 1 is 1.03 bits per heavy atom. The fourth-order valence-corrected chi connectivity index (χ4v) is 3.56. The first kappa shape index (κ1) is 27.3. The predicted octanol–water partition coefficient (Wildman–Crippen LogP) is 3.63. The Balaban J connectivity index is 0.00000512. The van der Waals surface area contributed by atoms with E-state index in [1.54, 1.807) is 7.11 Å². The van der Waals surface area contributed by atoms with Gasteiger partial charge in [-0.1, -0.05) is 30.3 Å². The molecule has 0 radical (unpaired) electrons. The molecule has 2 unspecified atom stereocenters. The van der Waals surface area contributed by atoms with Crippen LogP contribution in [0, 0.1) is 11.8 Å². The van der Waals surface area contributed by atoms with Crippen molar-refractivity contribution in [1.29, 1.82) is 0 Å². The number of aliphatic carboxylic acids is 2. The maximum Gasteiger partial charge on any atom is 0.307 e. The Labute approximate surface area is 195 Å². The van der Waals surface area contributed by atoms with Gasteiger partial charge in [0.15, 0.2) is 0 Å². The maximum atomic E-state index is 11.7. The number of nitrogens with zero attached hydrogens (tertiary/aromatic N) is 1. The number of halogens is 1. The maximum absolute atomic E-state index is 11.7. The quantitative estimate of drug-likeness (QED) is 0.466. The van der Waals surface area contributed by atoms with E-state index in [-0.39, 0.29) is 19.0 Å². The minimum atomic E-state index is -1.13. The Bertz CT molecular complexity index is 873. The first-order valence-electron chi connectivity index (χ1n) is 10.2. The van der Waals surface area contributed by atoms with Gasteiger partial charge < -0.3 is 24.6 Å². The second kappa shape index (κ2) is 13.6. The van der Waals surface area contributed by atoms with Crippen LogP contribution >= 0.6 is 12.4 Å². The van der Waals surface area contributed by atoms with Crippen LogP contribution in [0.2, 0.25) is 0 Å². The summed E-state index contributed by atoms with van der Waals surface area (Å²) in [7, 11) is 5.30. The first-order chi connectivity index (χ1) is 14.8. The summed E-state index contributed by atoms with van der Waals surface area (Å²) >= 11 is 0. The number of rotatable bonds is 13. The van der Waals surface area contributed by atoms with Crippen molar-refractivity contribution in [3.05, 3.63) is 59.7 Å². The fourth-order valence-electron chi connectivity index (χ4n) is 3.56. The van der Waals surface area contributed by atoms with E-state index in [2.05, 4.69) is 0 Å². The van der Waals surface area contributed by atoms with E-state index in [0.29, 0.717) is 12.3 Å². The van der Waals surface area contributed by atoms with Crippen molar-refractivity contribution >= 4 is 24.3 Å². The molecule has 7 nitrogen and oxygen atoms in total. The summed E-state index contributed by atoms with van der Waals surface area (Å²) in [4.78, 5) is 24.7. The van der Waals surface area contributed by atoms with Gasteiger partial charge in [0.2, 0.25) is 0 Å². The predicted molar refractivity (Wildman–Crippen MR) is 125 cm³/mol. The van der Waals surface area contributed by atoms with E-state index in [1.807, 2.05) is 67.5 Å². The molecule has 2 aromatic carbocycles. The third kappa shape index (κ3) is 8.77. The number of hydrogen-bond donors (Lipinski definition) is 2. The van der Waals surface area contributed by atoms with Crippen LogP contribution in [0.15, 0.2) is 48.5 Å². The van der Waals surface area contributed by atoms with Crippen LogP contribution in [-0.2, 0) is 22.4 Å².